The van der Waals surface area contributed by atoms with Gasteiger partial charge >= 0.3 is 0 Å². The predicted molar refractivity (Wildman–Crippen MR) is 177 cm³/mol. The number of methoxy groups -OCH3 is 1. The van der Waals surface area contributed by atoms with Crippen LogP contribution < -0.4 is 24.5 Å². The molecule has 10 nitrogen and oxygen atoms in total. The van der Waals surface area contributed by atoms with Crippen LogP contribution in [-0.4, -0.2) is 53.3 Å². The average molecular weight is 694 g/mol. The first-order chi connectivity index (χ1) is 21.7. The molecule has 0 radical (unpaired) electrons. The van der Waals surface area contributed by atoms with Crippen molar-refractivity contribution < 1.29 is 27.5 Å². The Morgan fingerprint density at radius 1 is 0.933 bits per heavy atom. The molecular weight excluding hydrogens is 660 g/mol. The molecule has 12 heteroatoms. The molecule has 45 heavy (non-hydrogen) atoms. The quantitative estimate of drug-likeness (QED) is 0.144. The number of aryl methyl sites for hydroxylation is 1. The van der Waals surface area contributed by atoms with E-state index in [2.05, 4.69) is 31.8 Å². The van der Waals surface area contributed by atoms with Gasteiger partial charge in [-0.2, -0.15) is 5.10 Å². The van der Waals surface area contributed by atoms with Crippen LogP contribution >= 0.6 is 15.9 Å². The van der Waals surface area contributed by atoms with Gasteiger partial charge in [-0.1, -0.05) is 48.0 Å². The van der Waals surface area contributed by atoms with Crippen molar-refractivity contribution in [1.29, 1.82) is 0 Å². The number of nitrogens with zero attached hydrogens (tertiary/aromatic N) is 2. The molecule has 0 spiro atoms. The van der Waals surface area contributed by atoms with E-state index < -0.39 is 22.5 Å². The summed E-state index contributed by atoms with van der Waals surface area (Å²) in [5.41, 5.74) is 5.45. The van der Waals surface area contributed by atoms with E-state index in [1.165, 1.54) is 31.5 Å². The fourth-order valence-corrected chi connectivity index (χ4v) is 6.29. The van der Waals surface area contributed by atoms with Crippen LogP contribution in [0.2, 0.25) is 0 Å². The number of hydrazone groups is 1. The lowest BCUT2D eigenvalue weighted by atomic mass is 10.1. The van der Waals surface area contributed by atoms with Crippen LogP contribution in [0.4, 0.5) is 5.69 Å². The molecule has 4 aromatic rings. The SMILES string of the molecule is COc1ccc(S(=O)(=O)N(CC(=O)N/N=C\c2ccc(OCC(=O)NCCc3ccccc3)cc2)c2ccc(C)cc2)cc1Br. The van der Waals surface area contributed by atoms with E-state index >= 15 is 0 Å². The number of nitrogens with one attached hydrogen (secondary N) is 2. The number of carbonyl (C=O) groups excluding carboxylic acids is 2. The maximum Gasteiger partial charge on any atom is 0.264 e. The molecule has 0 saturated carbocycles. The van der Waals surface area contributed by atoms with Gasteiger partial charge in [0.1, 0.15) is 18.0 Å². The van der Waals surface area contributed by atoms with E-state index in [0.717, 1.165) is 21.9 Å². The Bertz CT molecular complexity index is 1730. The fourth-order valence-electron chi connectivity index (χ4n) is 4.15. The highest BCUT2D eigenvalue weighted by Gasteiger charge is 2.28. The Morgan fingerprint density at radius 3 is 2.31 bits per heavy atom. The van der Waals surface area contributed by atoms with Gasteiger partial charge < -0.3 is 14.8 Å². The Kier molecular flexibility index (Phi) is 11.7. The number of anilines is 1. The van der Waals surface area contributed by atoms with Crippen LogP contribution in [0.1, 0.15) is 16.7 Å². The molecule has 0 bridgehead atoms. The van der Waals surface area contributed by atoms with Crippen molar-refractivity contribution in [3.05, 3.63) is 118 Å². The minimum atomic E-state index is -4.13. The van der Waals surface area contributed by atoms with Crippen molar-refractivity contribution in [2.24, 2.45) is 5.10 Å². The summed E-state index contributed by atoms with van der Waals surface area (Å²) in [4.78, 5) is 25.0. The van der Waals surface area contributed by atoms with Gasteiger partial charge in [-0.05, 0) is 95.0 Å². The molecule has 0 saturated heterocycles. The van der Waals surface area contributed by atoms with Crippen molar-refractivity contribution in [2.45, 2.75) is 18.2 Å². The zero-order chi connectivity index (χ0) is 32.2. The minimum Gasteiger partial charge on any atom is -0.496 e. The Labute approximate surface area is 271 Å². The third-order valence-corrected chi connectivity index (χ3v) is 8.94. The first-order valence-electron chi connectivity index (χ1n) is 13.9. The van der Waals surface area contributed by atoms with Gasteiger partial charge in [0.15, 0.2) is 6.61 Å². The van der Waals surface area contributed by atoms with E-state index in [1.807, 2.05) is 37.3 Å². The molecule has 4 rings (SSSR count). The number of ether oxygens (including phenoxy) is 2. The number of sulfonamides is 1. The topological polar surface area (TPSA) is 126 Å². The second-order valence-corrected chi connectivity index (χ2v) is 12.6. The summed E-state index contributed by atoms with van der Waals surface area (Å²) in [5, 5.41) is 6.81. The third-order valence-electron chi connectivity index (χ3n) is 6.55. The van der Waals surface area contributed by atoms with Crippen LogP contribution in [-0.2, 0) is 26.0 Å². The standard InChI is InChI=1S/C33H33BrN4O6S/c1-24-8-12-27(13-9-24)38(45(41,42)29-16-17-31(43-2)30(34)20-29)22-32(39)37-36-21-26-10-14-28(15-11-26)44-23-33(40)35-19-18-25-6-4-3-5-7-25/h3-17,20-21H,18-19,22-23H2,1-2H3,(H,35,40)(H,37,39)/b36-21-. The molecule has 0 unspecified atom stereocenters. The lowest BCUT2D eigenvalue weighted by Crippen LogP contribution is -2.39. The number of benzene rings is 4. The van der Waals surface area contributed by atoms with Crippen molar-refractivity contribution in [1.82, 2.24) is 10.7 Å². The number of hydrogen-bond acceptors (Lipinski definition) is 7. The maximum atomic E-state index is 13.6. The molecule has 0 aliphatic carbocycles. The molecular formula is C33H33BrN4O6S. The summed E-state index contributed by atoms with van der Waals surface area (Å²) in [6.45, 7) is 1.77. The Morgan fingerprint density at radius 2 is 1.64 bits per heavy atom. The average Bonchev–Trinajstić information content (AvgIpc) is 3.04. The third kappa shape index (κ3) is 9.65. The molecule has 0 aliphatic heterocycles. The lowest BCUT2D eigenvalue weighted by molar-refractivity contribution is -0.123. The predicted octanol–water partition coefficient (Wildman–Crippen LogP) is 4.85. The first-order valence-corrected chi connectivity index (χ1v) is 16.2. The summed E-state index contributed by atoms with van der Waals surface area (Å²) in [6, 6.07) is 27.9. The van der Waals surface area contributed by atoms with Gasteiger partial charge in [-0.3, -0.25) is 13.9 Å². The molecule has 0 aromatic heterocycles. The van der Waals surface area contributed by atoms with Crippen LogP contribution in [0, 0.1) is 6.92 Å². The molecule has 0 atom stereocenters. The molecule has 0 aliphatic rings. The second kappa shape index (κ2) is 15.9. The highest BCUT2D eigenvalue weighted by molar-refractivity contribution is 9.10. The van der Waals surface area contributed by atoms with Gasteiger partial charge in [-0.25, -0.2) is 13.8 Å². The molecule has 234 valence electrons. The van der Waals surface area contributed by atoms with Crippen molar-refractivity contribution in [2.75, 3.05) is 31.1 Å². The fraction of sp³-hybridized carbons (Fsp3) is 0.182. The normalized spacial score (nSPS) is 11.2. The molecule has 2 N–H and O–H groups in total. The molecule has 0 heterocycles. The summed E-state index contributed by atoms with van der Waals surface area (Å²) < 4.78 is 39.5. The summed E-state index contributed by atoms with van der Waals surface area (Å²) in [6.07, 6.45) is 2.15. The summed E-state index contributed by atoms with van der Waals surface area (Å²) >= 11 is 3.33. The number of rotatable bonds is 14. The Hall–Kier alpha value is -4.68. The molecule has 0 fully saturated rings. The number of carbonyl (C=O) groups is 2. The summed E-state index contributed by atoms with van der Waals surface area (Å²) in [7, 11) is -2.65. The zero-order valence-corrected chi connectivity index (χ0v) is 27.2. The van der Waals surface area contributed by atoms with E-state index in [-0.39, 0.29) is 17.4 Å². The Balaban J connectivity index is 1.32. The van der Waals surface area contributed by atoms with Crippen molar-refractivity contribution in [3.8, 4) is 11.5 Å². The largest absolute Gasteiger partial charge is 0.496 e. The lowest BCUT2D eigenvalue weighted by Gasteiger charge is -2.24. The van der Waals surface area contributed by atoms with Gasteiger partial charge in [0.2, 0.25) is 0 Å². The van der Waals surface area contributed by atoms with Gasteiger partial charge in [-0.15, -0.1) is 0 Å². The van der Waals surface area contributed by atoms with Crippen LogP contribution in [0.25, 0.3) is 0 Å². The number of halogens is 1. The number of amides is 2. The van der Waals surface area contributed by atoms with Crippen LogP contribution in [0.15, 0.2) is 112 Å². The highest BCUT2D eigenvalue weighted by atomic mass is 79.9. The first kappa shape index (κ1) is 33.2. The maximum absolute atomic E-state index is 13.6. The van der Waals surface area contributed by atoms with Crippen LogP contribution in [0.5, 0.6) is 11.5 Å². The zero-order valence-electron chi connectivity index (χ0n) is 24.8. The van der Waals surface area contributed by atoms with E-state index in [4.69, 9.17) is 9.47 Å². The van der Waals surface area contributed by atoms with E-state index in [1.54, 1.807) is 48.5 Å². The smallest absolute Gasteiger partial charge is 0.264 e. The minimum absolute atomic E-state index is 0.0148. The highest BCUT2D eigenvalue weighted by Crippen LogP contribution is 2.30. The van der Waals surface area contributed by atoms with Crippen molar-refractivity contribution in [3.63, 3.8) is 0 Å². The van der Waals surface area contributed by atoms with Gasteiger partial charge in [0.25, 0.3) is 21.8 Å². The second-order valence-electron chi connectivity index (χ2n) is 9.88. The summed E-state index contributed by atoms with van der Waals surface area (Å²) in [5.74, 6) is 0.114. The monoisotopic (exact) mass is 692 g/mol. The number of hydrogen-bond donors (Lipinski definition) is 2. The van der Waals surface area contributed by atoms with Gasteiger partial charge in [0, 0.05) is 6.54 Å². The van der Waals surface area contributed by atoms with Crippen LogP contribution in [0.3, 0.4) is 0 Å². The van der Waals surface area contributed by atoms with Gasteiger partial charge in [0.05, 0.1) is 28.4 Å². The molecule has 2 amide bonds. The van der Waals surface area contributed by atoms with E-state index in [0.29, 0.717) is 33.8 Å². The van der Waals surface area contributed by atoms with Crippen molar-refractivity contribution >= 4 is 49.7 Å². The van der Waals surface area contributed by atoms with E-state index in [9.17, 15) is 18.0 Å². The molecule has 4 aromatic carbocycles.